The van der Waals surface area contributed by atoms with E-state index in [9.17, 15) is 5.11 Å². The number of nitrogens with zero attached hydrogens (tertiary/aromatic N) is 5. The van der Waals surface area contributed by atoms with Gasteiger partial charge in [-0.2, -0.15) is 9.97 Å². The Bertz CT molecular complexity index is 1790. The van der Waals surface area contributed by atoms with Crippen LogP contribution in [-0.4, -0.2) is 74.9 Å². The standard InChI is InChI=1S/C34H36FIN6O2/c35-29-30(24-13-23(43)12-19-4-1-6-26(36)28(19)24)37-15-25-31(29)39-33(40-32(25)41-16-21-8-9-22(17-41)38-21)44-18-34-10-3-11-42(34)27-7-2-5-20(27)14-34/h1,4,6,12-13,15,20-22,27,38,43H,2-3,5,7-11,14,16-18H2. The second-order valence-electron chi connectivity index (χ2n) is 13.7. The van der Waals surface area contributed by atoms with Gasteiger partial charge < -0.3 is 20.1 Å². The highest BCUT2D eigenvalue weighted by Crippen LogP contribution is 2.51. The number of hydrogen-bond donors (Lipinski definition) is 2. The molecule has 10 heteroatoms. The summed E-state index contributed by atoms with van der Waals surface area (Å²) in [6.07, 6.45) is 11.4. The first-order valence-corrected chi connectivity index (χ1v) is 17.2. The van der Waals surface area contributed by atoms with Gasteiger partial charge in [0, 0.05) is 51.9 Å². The molecule has 5 atom stereocenters. The number of rotatable bonds is 5. The predicted molar refractivity (Wildman–Crippen MR) is 177 cm³/mol. The van der Waals surface area contributed by atoms with Gasteiger partial charge in [0.2, 0.25) is 0 Å². The third-order valence-corrected chi connectivity index (χ3v) is 12.0. The van der Waals surface area contributed by atoms with Crippen LogP contribution in [0.1, 0.15) is 51.4 Å². The Morgan fingerprint density at radius 2 is 1.95 bits per heavy atom. The largest absolute Gasteiger partial charge is 0.508 e. The van der Waals surface area contributed by atoms with E-state index >= 15 is 4.39 Å². The summed E-state index contributed by atoms with van der Waals surface area (Å²) in [6.45, 7) is 3.29. The van der Waals surface area contributed by atoms with E-state index in [1.165, 1.54) is 32.1 Å². The molecule has 1 saturated carbocycles. The number of piperazine rings is 1. The maximum atomic E-state index is 16.8. The van der Waals surface area contributed by atoms with Gasteiger partial charge in [0.05, 0.1) is 10.9 Å². The number of anilines is 1. The molecule has 1 aliphatic carbocycles. The van der Waals surface area contributed by atoms with Crippen molar-refractivity contribution in [2.45, 2.75) is 75.0 Å². The summed E-state index contributed by atoms with van der Waals surface area (Å²) in [4.78, 5) is 19.4. The van der Waals surface area contributed by atoms with Crippen LogP contribution >= 0.6 is 22.6 Å². The van der Waals surface area contributed by atoms with Crippen molar-refractivity contribution < 1.29 is 14.2 Å². The van der Waals surface area contributed by atoms with Crippen LogP contribution in [0.15, 0.2) is 36.5 Å². The van der Waals surface area contributed by atoms with Crippen molar-refractivity contribution in [3.63, 3.8) is 0 Å². The highest BCUT2D eigenvalue weighted by Gasteiger charge is 2.55. The van der Waals surface area contributed by atoms with Gasteiger partial charge in [-0.25, -0.2) is 4.39 Å². The number of hydrogen-bond acceptors (Lipinski definition) is 8. The molecule has 4 saturated heterocycles. The summed E-state index contributed by atoms with van der Waals surface area (Å²) >= 11 is 2.26. The molecule has 5 fully saturated rings. The molecule has 2 bridgehead atoms. The smallest absolute Gasteiger partial charge is 0.319 e. The number of halogens is 2. The lowest BCUT2D eigenvalue weighted by Crippen LogP contribution is -2.51. The quantitative estimate of drug-likeness (QED) is 0.244. The Balaban J connectivity index is 1.16. The number of phenolic OH excluding ortho intramolecular Hbond substituents is 1. The average molecular weight is 707 g/mol. The fourth-order valence-corrected chi connectivity index (χ4v) is 10.1. The molecule has 4 aromatic rings. The van der Waals surface area contributed by atoms with E-state index < -0.39 is 5.82 Å². The fourth-order valence-electron chi connectivity index (χ4n) is 9.30. The first-order chi connectivity index (χ1) is 21.5. The molecule has 5 unspecified atom stereocenters. The second kappa shape index (κ2) is 10.3. The van der Waals surface area contributed by atoms with Crippen molar-refractivity contribution in [2.24, 2.45) is 5.92 Å². The van der Waals surface area contributed by atoms with Gasteiger partial charge in [-0.3, -0.25) is 9.88 Å². The van der Waals surface area contributed by atoms with Crippen molar-refractivity contribution in [1.29, 1.82) is 0 Å². The van der Waals surface area contributed by atoms with Crippen LogP contribution in [0, 0.1) is 15.3 Å². The summed E-state index contributed by atoms with van der Waals surface area (Å²) in [6, 6.07) is 10.8. The van der Waals surface area contributed by atoms with Crippen molar-refractivity contribution in [2.75, 3.05) is 31.1 Å². The van der Waals surface area contributed by atoms with Gasteiger partial charge >= 0.3 is 6.01 Å². The summed E-state index contributed by atoms with van der Waals surface area (Å²) < 4.78 is 24.3. The molecule has 8 nitrogen and oxygen atoms in total. The zero-order valence-electron chi connectivity index (χ0n) is 24.6. The summed E-state index contributed by atoms with van der Waals surface area (Å²) in [5.74, 6) is 1.01. The zero-order valence-corrected chi connectivity index (χ0v) is 26.8. The van der Waals surface area contributed by atoms with Crippen LogP contribution < -0.4 is 15.0 Å². The molecule has 6 heterocycles. The molecule has 44 heavy (non-hydrogen) atoms. The predicted octanol–water partition coefficient (Wildman–Crippen LogP) is 6.02. The van der Waals surface area contributed by atoms with Crippen LogP contribution in [0.2, 0.25) is 0 Å². The molecule has 0 amide bonds. The Labute approximate surface area is 269 Å². The van der Waals surface area contributed by atoms with E-state index in [2.05, 4.69) is 42.7 Å². The lowest BCUT2D eigenvalue weighted by Gasteiger charge is -2.35. The minimum Gasteiger partial charge on any atom is -0.508 e. The van der Waals surface area contributed by atoms with E-state index in [0.717, 1.165) is 59.2 Å². The zero-order chi connectivity index (χ0) is 29.6. The van der Waals surface area contributed by atoms with Crippen LogP contribution in [0.25, 0.3) is 32.9 Å². The van der Waals surface area contributed by atoms with Gasteiger partial charge in [-0.05, 0) is 104 Å². The molecule has 5 aliphatic rings. The molecular formula is C34H36FIN6O2. The molecule has 4 aliphatic heterocycles. The number of fused-ring (bicyclic) bond motifs is 7. The molecule has 0 spiro atoms. The number of aromatic nitrogens is 3. The molecule has 228 valence electrons. The van der Waals surface area contributed by atoms with E-state index in [-0.39, 0.29) is 28.5 Å². The minimum absolute atomic E-state index is 0.0293. The van der Waals surface area contributed by atoms with E-state index in [0.29, 0.717) is 41.5 Å². The maximum absolute atomic E-state index is 16.8. The summed E-state index contributed by atoms with van der Waals surface area (Å²) in [7, 11) is 0. The lowest BCUT2D eigenvalue weighted by molar-refractivity contribution is 0.0832. The van der Waals surface area contributed by atoms with Crippen molar-refractivity contribution in [3.8, 4) is 23.0 Å². The Kier molecular flexibility index (Phi) is 6.46. The monoisotopic (exact) mass is 706 g/mol. The lowest BCUT2D eigenvalue weighted by atomic mass is 9.90. The number of aromatic hydroxyl groups is 1. The Morgan fingerprint density at radius 3 is 2.82 bits per heavy atom. The van der Waals surface area contributed by atoms with Crippen LogP contribution in [0.5, 0.6) is 11.8 Å². The molecule has 0 radical (unpaired) electrons. The highest BCUT2D eigenvalue weighted by molar-refractivity contribution is 14.1. The minimum atomic E-state index is -0.517. The van der Waals surface area contributed by atoms with Crippen LogP contribution in [0.4, 0.5) is 10.2 Å². The summed E-state index contributed by atoms with van der Waals surface area (Å²) in [5.41, 5.74) is 0.960. The van der Waals surface area contributed by atoms with Gasteiger partial charge in [0.15, 0.2) is 5.82 Å². The average Bonchev–Trinajstić information content (AvgIpc) is 3.77. The van der Waals surface area contributed by atoms with E-state index in [1.807, 2.05) is 18.2 Å². The summed E-state index contributed by atoms with van der Waals surface area (Å²) in [5, 5.41) is 16.5. The topological polar surface area (TPSA) is 86.6 Å². The third-order valence-electron chi connectivity index (χ3n) is 11.1. The second-order valence-corrected chi connectivity index (χ2v) is 14.8. The normalized spacial score (nSPS) is 29.5. The van der Waals surface area contributed by atoms with Crippen molar-refractivity contribution in [1.82, 2.24) is 25.2 Å². The fraction of sp³-hybridized carbons (Fsp3) is 0.500. The molecular weight excluding hydrogens is 670 g/mol. The highest BCUT2D eigenvalue weighted by atomic mass is 127. The number of phenols is 1. The van der Waals surface area contributed by atoms with Gasteiger partial charge in [-0.15, -0.1) is 0 Å². The maximum Gasteiger partial charge on any atom is 0.319 e. The van der Waals surface area contributed by atoms with E-state index in [4.69, 9.17) is 14.7 Å². The molecule has 9 rings (SSSR count). The number of pyridine rings is 1. The van der Waals surface area contributed by atoms with Crippen LogP contribution in [-0.2, 0) is 0 Å². The van der Waals surface area contributed by atoms with Gasteiger partial charge in [0.25, 0.3) is 0 Å². The number of ether oxygens (including phenoxy) is 1. The first-order valence-electron chi connectivity index (χ1n) is 16.1. The van der Waals surface area contributed by atoms with E-state index in [1.54, 1.807) is 18.3 Å². The molecule has 2 N–H and O–H groups in total. The Hall–Kier alpha value is -2.83. The number of nitrogens with one attached hydrogen (secondary N) is 1. The van der Waals surface area contributed by atoms with Crippen molar-refractivity contribution >= 4 is 50.1 Å². The first kappa shape index (κ1) is 27.5. The SMILES string of the molecule is Oc1cc(-c2ncc3c(N4CC5CCC(C4)N5)nc(OCC45CCCN4C4CCCC4C5)nc3c2F)c2c(I)cccc2c1. The van der Waals surface area contributed by atoms with Crippen molar-refractivity contribution in [3.05, 3.63) is 45.9 Å². The van der Waals surface area contributed by atoms with Crippen LogP contribution in [0.3, 0.4) is 0 Å². The number of benzene rings is 2. The molecule has 2 aromatic heterocycles. The Morgan fingerprint density at radius 1 is 1.09 bits per heavy atom. The third kappa shape index (κ3) is 4.30. The molecule has 2 aromatic carbocycles. The van der Waals surface area contributed by atoms with Gasteiger partial charge in [-0.1, -0.05) is 18.6 Å². The van der Waals surface area contributed by atoms with Gasteiger partial charge in [0.1, 0.15) is 29.4 Å².